The van der Waals surface area contributed by atoms with E-state index in [1.54, 1.807) is 0 Å². The lowest BCUT2D eigenvalue weighted by Crippen LogP contribution is -2.10. The zero-order valence-corrected chi connectivity index (χ0v) is 32.2. The highest BCUT2D eigenvalue weighted by Crippen LogP contribution is 2.50. The highest BCUT2D eigenvalue weighted by molar-refractivity contribution is 7.26. The Morgan fingerprint density at radius 1 is 0.431 bits per heavy atom. The lowest BCUT2D eigenvalue weighted by Gasteiger charge is -2.27. The molecule has 0 spiro atoms. The normalized spacial score (nSPS) is 11.8. The second-order valence-corrected chi connectivity index (χ2v) is 15.9. The Morgan fingerprint density at radius 2 is 1.05 bits per heavy atom. The minimum atomic E-state index is 0.901. The molecule has 0 aliphatic rings. The standard InChI is InChI=1S/C54H34N2OS/c1-2-17-36(18-3-1)55(37-19-14-16-35(34-37)38-25-15-26-43-42-23-7-12-30-50(42)57-53(38)43)49-33-32-44(54-52(49)45-24-8-13-31-51(45)58-54)41-22-6-11-29-48(41)56-46-27-9-4-20-39(46)40-21-5-10-28-47(40)56/h1-34H. The van der Waals surface area contributed by atoms with Gasteiger partial charge in [0.25, 0.3) is 0 Å². The van der Waals surface area contributed by atoms with E-state index >= 15 is 0 Å². The van der Waals surface area contributed by atoms with Crippen LogP contribution in [0, 0.1) is 0 Å². The van der Waals surface area contributed by atoms with Crippen molar-refractivity contribution in [1.82, 2.24) is 4.57 Å². The molecule has 0 bridgehead atoms. The molecular weight excluding hydrogens is 725 g/mol. The van der Waals surface area contributed by atoms with Gasteiger partial charge in [0.2, 0.25) is 0 Å². The summed E-state index contributed by atoms with van der Waals surface area (Å²) in [5.74, 6) is 0. The zero-order valence-electron chi connectivity index (χ0n) is 31.3. The SMILES string of the molecule is c1ccc(N(c2cccc(-c3cccc4c3oc3ccccc34)c2)c2ccc(-c3ccccc3-n3c4ccccc4c4ccccc43)c3sc4ccccc4c23)cc1. The molecule has 12 rings (SSSR count). The van der Waals surface area contributed by atoms with Gasteiger partial charge < -0.3 is 13.9 Å². The first-order valence-corrected chi connectivity index (χ1v) is 20.5. The molecule has 4 heteroatoms. The third kappa shape index (κ3) is 4.99. The number of rotatable bonds is 6. The van der Waals surface area contributed by atoms with Crippen LogP contribution in [0.1, 0.15) is 0 Å². The van der Waals surface area contributed by atoms with Crippen molar-refractivity contribution in [3.05, 3.63) is 206 Å². The fourth-order valence-electron chi connectivity index (χ4n) is 9.08. The molecule has 3 nitrogen and oxygen atoms in total. The summed E-state index contributed by atoms with van der Waals surface area (Å²) in [4.78, 5) is 2.42. The molecular formula is C54H34N2OS. The zero-order chi connectivity index (χ0) is 38.2. The Balaban J connectivity index is 1.10. The van der Waals surface area contributed by atoms with Gasteiger partial charge >= 0.3 is 0 Å². The van der Waals surface area contributed by atoms with Crippen molar-refractivity contribution in [1.29, 1.82) is 0 Å². The lowest BCUT2D eigenvalue weighted by atomic mass is 9.98. The molecule has 0 saturated carbocycles. The van der Waals surface area contributed by atoms with Gasteiger partial charge in [-0.15, -0.1) is 11.3 Å². The number of para-hydroxylation sites is 6. The van der Waals surface area contributed by atoms with E-state index in [0.717, 1.165) is 50.1 Å². The molecule has 0 radical (unpaired) electrons. The van der Waals surface area contributed by atoms with Crippen molar-refractivity contribution in [3.63, 3.8) is 0 Å². The second-order valence-electron chi connectivity index (χ2n) is 14.8. The largest absolute Gasteiger partial charge is 0.455 e. The van der Waals surface area contributed by atoms with Crippen LogP contribution in [0.2, 0.25) is 0 Å². The van der Waals surface area contributed by atoms with Crippen molar-refractivity contribution in [2.75, 3.05) is 4.90 Å². The Labute approximate surface area is 338 Å². The third-order valence-corrected chi connectivity index (χ3v) is 12.8. The number of fused-ring (bicyclic) bond motifs is 9. The van der Waals surface area contributed by atoms with E-state index in [4.69, 9.17) is 4.42 Å². The molecule has 3 heterocycles. The topological polar surface area (TPSA) is 21.3 Å². The molecule has 0 fully saturated rings. The van der Waals surface area contributed by atoms with Crippen LogP contribution in [-0.4, -0.2) is 4.57 Å². The number of nitrogens with zero attached hydrogens (tertiary/aromatic N) is 2. The molecule has 3 aromatic heterocycles. The number of furan rings is 1. The van der Waals surface area contributed by atoms with E-state index in [1.165, 1.54) is 58.8 Å². The first kappa shape index (κ1) is 32.8. The smallest absolute Gasteiger partial charge is 0.143 e. The van der Waals surface area contributed by atoms with E-state index in [1.807, 2.05) is 23.5 Å². The summed E-state index contributed by atoms with van der Waals surface area (Å²) in [6.07, 6.45) is 0. The van der Waals surface area contributed by atoms with Gasteiger partial charge in [0, 0.05) is 69.8 Å². The molecule has 272 valence electrons. The van der Waals surface area contributed by atoms with Crippen LogP contribution in [0.3, 0.4) is 0 Å². The average molecular weight is 759 g/mol. The molecule has 0 atom stereocenters. The number of hydrogen-bond donors (Lipinski definition) is 0. The molecule has 0 aliphatic carbocycles. The van der Waals surface area contributed by atoms with Gasteiger partial charge in [0.15, 0.2) is 0 Å². The monoisotopic (exact) mass is 758 g/mol. The van der Waals surface area contributed by atoms with Crippen LogP contribution < -0.4 is 4.90 Å². The number of benzene rings is 9. The third-order valence-electron chi connectivity index (χ3n) is 11.6. The maximum atomic E-state index is 6.53. The molecule has 0 N–H and O–H groups in total. The Kier molecular flexibility index (Phi) is 7.40. The van der Waals surface area contributed by atoms with Gasteiger partial charge in [-0.25, -0.2) is 0 Å². The van der Waals surface area contributed by atoms with Gasteiger partial charge in [-0.2, -0.15) is 0 Å². The summed E-state index contributed by atoms with van der Waals surface area (Å²) in [7, 11) is 0. The lowest BCUT2D eigenvalue weighted by molar-refractivity contribution is 0.670. The minimum absolute atomic E-state index is 0.901. The predicted octanol–water partition coefficient (Wildman–Crippen LogP) is 15.9. The summed E-state index contributed by atoms with van der Waals surface area (Å²) < 4.78 is 11.5. The summed E-state index contributed by atoms with van der Waals surface area (Å²) in [5.41, 5.74) is 13.3. The van der Waals surface area contributed by atoms with Crippen LogP contribution in [0.25, 0.3) is 91.9 Å². The van der Waals surface area contributed by atoms with Crippen molar-refractivity contribution < 1.29 is 4.42 Å². The fourth-order valence-corrected chi connectivity index (χ4v) is 10.3. The first-order valence-electron chi connectivity index (χ1n) is 19.7. The Bertz CT molecular complexity index is 3480. The quantitative estimate of drug-likeness (QED) is 0.168. The Morgan fingerprint density at radius 3 is 1.88 bits per heavy atom. The highest BCUT2D eigenvalue weighted by atomic mass is 32.1. The molecule has 0 amide bonds. The first-order chi connectivity index (χ1) is 28.8. The van der Waals surface area contributed by atoms with Gasteiger partial charge in [0.1, 0.15) is 11.2 Å². The Hall–Kier alpha value is -7.40. The van der Waals surface area contributed by atoms with Gasteiger partial charge in [-0.1, -0.05) is 146 Å². The average Bonchev–Trinajstić information content (AvgIpc) is 3.97. The maximum Gasteiger partial charge on any atom is 0.143 e. The van der Waals surface area contributed by atoms with E-state index in [0.29, 0.717) is 0 Å². The van der Waals surface area contributed by atoms with Crippen LogP contribution >= 0.6 is 11.3 Å². The van der Waals surface area contributed by atoms with E-state index in [-0.39, 0.29) is 0 Å². The molecule has 0 aliphatic heterocycles. The van der Waals surface area contributed by atoms with Crippen molar-refractivity contribution in [2.45, 2.75) is 0 Å². The number of thiophene rings is 1. The maximum absolute atomic E-state index is 6.53. The van der Waals surface area contributed by atoms with Gasteiger partial charge in [-0.05, 0) is 66.2 Å². The van der Waals surface area contributed by atoms with Crippen molar-refractivity contribution in [2.24, 2.45) is 0 Å². The summed E-state index contributed by atoms with van der Waals surface area (Å²) in [6.45, 7) is 0. The van der Waals surface area contributed by atoms with Gasteiger partial charge in [0.05, 0.1) is 22.4 Å². The van der Waals surface area contributed by atoms with Crippen LogP contribution in [0.4, 0.5) is 17.1 Å². The number of anilines is 3. The minimum Gasteiger partial charge on any atom is -0.455 e. The van der Waals surface area contributed by atoms with E-state index in [2.05, 4.69) is 204 Å². The summed E-state index contributed by atoms with van der Waals surface area (Å²) >= 11 is 1.87. The number of hydrogen-bond acceptors (Lipinski definition) is 3. The van der Waals surface area contributed by atoms with Gasteiger partial charge in [-0.3, -0.25) is 0 Å². The molecule has 0 saturated heterocycles. The van der Waals surface area contributed by atoms with Crippen molar-refractivity contribution in [3.8, 4) is 27.9 Å². The molecule has 12 aromatic rings. The second kappa shape index (κ2) is 13.1. The van der Waals surface area contributed by atoms with Crippen molar-refractivity contribution >= 4 is 92.3 Å². The van der Waals surface area contributed by atoms with Crippen LogP contribution in [0.5, 0.6) is 0 Å². The molecule has 9 aromatic carbocycles. The van der Waals surface area contributed by atoms with E-state index in [9.17, 15) is 0 Å². The number of aromatic nitrogens is 1. The molecule has 0 unspecified atom stereocenters. The summed E-state index contributed by atoms with van der Waals surface area (Å²) in [6, 6.07) is 74.3. The van der Waals surface area contributed by atoms with Crippen LogP contribution in [0.15, 0.2) is 211 Å². The molecule has 58 heavy (non-hydrogen) atoms. The predicted molar refractivity (Wildman–Crippen MR) is 247 cm³/mol. The van der Waals surface area contributed by atoms with E-state index < -0.39 is 0 Å². The highest BCUT2D eigenvalue weighted by Gasteiger charge is 2.23. The summed E-state index contributed by atoms with van der Waals surface area (Å²) in [5, 5.41) is 7.26. The van der Waals surface area contributed by atoms with Crippen LogP contribution in [-0.2, 0) is 0 Å². The fraction of sp³-hybridized carbons (Fsp3) is 0.